The maximum atomic E-state index is 11.1. The van der Waals surface area contributed by atoms with Gasteiger partial charge in [0, 0.05) is 15.4 Å². The van der Waals surface area contributed by atoms with Gasteiger partial charge in [-0.05, 0) is 42.8 Å². The number of nitro groups is 1. The third-order valence-corrected chi connectivity index (χ3v) is 4.31. The minimum Gasteiger partial charge on any atom is -0.389 e. The summed E-state index contributed by atoms with van der Waals surface area (Å²) in [6, 6.07) is 12.4. The van der Waals surface area contributed by atoms with Gasteiger partial charge in [0.25, 0.3) is 5.69 Å². The maximum absolute atomic E-state index is 11.1. The fourth-order valence-corrected chi connectivity index (χ4v) is 2.82. The van der Waals surface area contributed by atoms with Crippen molar-refractivity contribution in [3.63, 3.8) is 0 Å². The second-order valence-corrected chi connectivity index (χ2v) is 6.25. The summed E-state index contributed by atoms with van der Waals surface area (Å²) in [4.78, 5) is 12.2. The van der Waals surface area contributed by atoms with Gasteiger partial charge in [-0.15, -0.1) is 0 Å². The van der Waals surface area contributed by atoms with E-state index in [-0.39, 0.29) is 5.69 Å². The fourth-order valence-electron chi connectivity index (χ4n) is 1.65. The first kappa shape index (κ1) is 15.0. The summed E-state index contributed by atoms with van der Waals surface area (Å²) >= 11 is 4.68. The van der Waals surface area contributed by atoms with Gasteiger partial charge in [-0.3, -0.25) is 10.1 Å². The summed E-state index contributed by atoms with van der Waals surface area (Å²) in [5, 5.41) is 20.7. The largest absolute Gasteiger partial charge is 0.389 e. The van der Waals surface area contributed by atoms with Crippen LogP contribution < -0.4 is 0 Å². The molecule has 0 aromatic heterocycles. The molecule has 1 atom stereocenters. The van der Waals surface area contributed by atoms with Crippen LogP contribution in [-0.4, -0.2) is 10.0 Å². The molecular weight excluding hydrogens is 342 g/mol. The molecule has 0 amide bonds. The zero-order chi connectivity index (χ0) is 14.7. The molecule has 0 spiro atoms. The topological polar surface area (TPSA) is 63.4 Å². The minimum atomic E-state index is -0.722. The van der Waals surface area contributed by atoms with Gasteiger partial charge in [0.05, 0.1) is 15.9 Å². The van der Waals surface area contributed by atoms with Crippen LogP contribution >= 0.6 is 27.7 Å². The van der Waals surface area contributed by atoms with E-state index in [0.29, 0.717) is 10.5 Å². The maximum Gasteiger partial charge on any atom is 0.283 e. The van der Waals surface area contributed by atoms with E-state index in [1.807, 2.05) is 24.3 Å². The molecule has 0 radical (unpaired) electrons. The average Bonchev–Trinajstić information content (AvgIpc) is 2.41. The van der Waals surface area contributed by atoms with Crippen molar-refractivity contribution in [2.24, 2.45) is 0 Å². The Labute approximate surface area is 129 Å². The van der Waals surface area contributed by atoms with Gasteiger partial charge in [0.1, 0.15) is 0 Å². The third kappa shape index (κ3) is 3.59. The van der Waals surface area contributed by atoms with Crippen molar-refractivity contribution in [2.45, 2.75) is 22.8 Å². The Morgan fingerprint density at radius 2 is 1.90 bits per heavy atom. The van der Waals surface area contributed by atoms with Gasteiger partial charge in [-0.2, -0.15) is 0 Å². The van der Waals surface area contributed by atoms with Crippen LogP contribution in [0.4, 0.5) is 5.69 Å². The highest BCUT2D eigenvalue weighted by Crippen LogP contribution is 2.36. The van der Waals surface area contributed by atoms with E-state index in [9.17, 15) is 15.2 Å². The first-order chi connectivity index (χ1) is 9.47. The van der Waals surface area contributed by atoms with E-state index in [1.54, 1.807) is 19.1 Å². The molecular formula is C14H12BrNO3S. The Morgan fingerprint density at radius 1 is 1.25 bits per heavy atom. The molecule has 20 heavy (non-hydrogen) atoms. The van der Waals surface area contributed by atoms with Gasteiger partial charge in [-0.1, -0.05) is 33.8 Å². The van der Waals surface area contributed by atoms with E-state index < -0.39 is 11.0 Å². The standard InChI is InChI=1S/C14H12BrNO3S/c1-9(17)10-2-7-14(13(8-10)16(18)19)20-12-5-3-11(15)4-6-12/h2-9,17H,1H3. The molecule has 0 saturated heterocycles. The molecule has 2 aromatic rings. The second-order valence-electron chi connectivity index (χ2n) is 4.22. The van der Waals surface area contributed by atoms with Crippen molar-refractivity contribution in [3.8, 4) is 0 Å². The first-order valence-corrected chi connectivity index (χ1v) is 7.48. The predicted molar refractivity (Wildman–Crippen MR) is 82.0 cm³/mol. The summed E-state index contributed by atoms with van der Waals surface area (Å²) in [5.41, 5.74) is 0.549. The Balaban J connectivity index is 2.35. The lowest BCUT2D eigenvalue weighted by atomic mass is 10.1. The molecule has 2 aromatic carbocycles. The highest BCUT2D eigenvalue weighted by Gasteiger charge is 2.17. The highest BCUT2D eigenvalue weighted by molar-refractivity contribution is 9.10. The number of aliphatic hydroxyl groups excluding tert-OH is 1. The summed E-state index contributed by atoms with van der Waals surface area (Å²) in [6.07, 6.45) is -0.722. The van der Waals surface area contributed by atoms with Crippen LogP contribution in [0.15, 0.2) is 56.7 Å². The van der Waals surface area contributed by atoms with Crippen molar-refractivity contribution < 1.29 is 10.0 Å². The fraction of sp³-hybridized carbons (Fsp3) is 0.143. The molecule has 0 bridgehead atoms. The lowest BCUT2D eigenvalue weighted by molar-refractivity contribution is -0.387. The first-order valence-electron chi connectivity index (χ1n) is 5.87. The van der Waals surface area contributed by atoms with Crippen LogP contribution in [0.5, 0.6) is 0 Å². The van der Waals surface area contributed by atoms with Crippen LogP contribution in [0, 0.1) is 10.1 Å². The summed E-state index contributed by atoms with van der Waals surface area (Å²) in [5.74, 6) is 0. The monoisotopic (exact) mass is 353 g/mol. The van der Waals surface area contributed by atoms with E-state index >= 15 is 0 Å². The highest BCUT2D eigenvalue weighted by atomic mass is 79.9. The minimum absolute atomic E-state index is 0.0105. The molecule has 2 rings (SSSR count). The molecule has 0 aliphatic heterocycles. The van der Waals surface area contributed by atoms with Crippen molar-refractivity contribution in [3.05, 3.63) is 62.6 Å². The van der Waals surface area contributed by atoms with Gasteiger partial charge >= 0.3 is 0 Å². The summed E-state index contributed by atoms with van der Waals surface area (Å²) in [7, 11) is 0. The van der Waals surface area contributed by atoms with Crippen LogP contribution in [0.25, 0.3) is 0 Å². The zero-order valence-electron chi connectivity index (χ0n) is 10.6. The molecule has 1 N–H and O–H groups in total. The quantitative estimate of drug-likeness (QED) is 0.646. The lowest BCUT2D eigenvalue weighted by Gasteiger charge is -2.07. The predicted octanol–water partition coefficient (Wildman–Crippen LogP) is 4.56. The molecule has 0 fully saturated rings. The van der Waals surface area contributed by atoms with Gasteiger partial charge in [-0.25, -0.2) is 0 Å². The van der Waals surface area contributed by atoms with Crippen LogP contribution in [0.1, 0.15) is 18.6 Å². The van der Waals surface area contributed by atoms with E-state index in [1.165, 1.54) is 17.8 Å². The van der Waals surface area contributed by atoms with E-state index in [4.69, 9.17) is 0 Å². The number of benzene rings is 2. The number of nitro benzene ring substituents is 1. The van der Waals surface area contributed by atoms with E-state index in [2.05, 4.69) is 15.9 Å². The zero-order valence-corrected chi connectivity index (χ0v) is 13.0. The molecule has 0 aliphatic carbocycles. The Bertz CT molecular complexity index is 629. The molecule has 6 heteroatoms. The molecule has 1 unspecified atom stereocenters. The smallest absolute Gasteiger partial charge is 0.283 e. The van der Waals surface area contributed by atoms with Crippen molar-refractivity contribution in [2.75, 3.05) is 0 Å². The van der Waals surface area contributed by atoms with E-state index in [0.717, 1.165) is 9.37 Å². The Hall–Kier alpha value is -1.37. The molecule has 0 saturated carbocycles. The number of nitrogens with zero attached hydrogens (tertiary/aromatic N) is 1. The SMILES string of the molecule is CC(O)c1ccc(Sc2ccc(Br)cc2)c([N+](=O)[O-])c1. The summed E-state index contributed by atoms with van der Waals surface area (Å²) in [6.45, 7) is 1.58. The molecule has 4 nitrogen and oxygen atoms in total. The van der Waals surface area contributed by atoms with Crippen LogP contribution in [-0.2, 0) is 0 Å². The van der Waals surface area contributed by atoms with Gasteiger partial charge in [0.15, 0.2) is 0 Å². The number of aliphatic hydroxyl groups is 1. The lowest BCUT2D eigenvalue weighted by Crippen LogP contribution is -1.96. The van der Waals surface area contributed by atoms with Crippen molar-refractivity contribution in [1.82, 2.24) is 0 Å². The molecule has 0 heterocycles. The number of rotatable bonds is 4. The molecule has 104 valence electrons. The molecule has 0 aliphatic rings. The Kier molecular flexibility index (Phi) is 4.80. The number of hydrogen-bond acceptors (Lipinski definition) is 4. The van der Waals surface area contributed by atoms with Crippen molar-refractivity contribution in [1.29, 1.82) is 0 Å². The average molecular weight is 354 g/mol. The third-order valence-electron chi connectivity index (χ3n) is 2.70. The van der Waals surface area contributed by atoms with Crippen LogP contribution in [0.2, 0.25) is 0 Å². The van der Waals surface area contributed by atoms with Crippen molar-refractivity contribution >= 4 is 33.4 Å². The Morgan fingerprint density at radius 3 is 2.45 bits per heavy atom. The van der Waals surface area contributed by atoms with Gasteiger partial charge < -0.3 is 5.11 Å². The van der Waals surface area contributed by atoms with Gasteiger partial charge in [0.2, 0.25) is 0 Å². The van der Waals surface area contributed by atoms with Crippen LogP contribution in [0.3, 0.4) is 0 Å². The number of hydrogen-bond donors (Lipinski definition) is 1. The normalized spacial score (nSPS) is 12.2. The summed E-state index contributed by atoms with van der Waals surface area (Å²) < 4.78 is 0.959. The second kappa shape index (κ2) is 6.39. The number of halogens is 1.